The highest BCUT2D eigenvalue weighted by molar-refractivity contribution is 7.80. The van der Waals surface area contributed by atoms with Gasteiger partial charge in [0.15, 0.2) is 0 Å². The Bertz CT molecular complexity index is 105. The lowest BCUT2D eigenvalue weighted by Gasteiger charge is -1.99. The van der Waals surface area contributed by atoms with Gasteiger partial charge < -0.3 is 10.1 Å². The molecular formula is C5H9NOS. The monoisotopic (exact) mass is 131 g/mol. The fraction of sp³-hybridized carbons (Fsp3) is 0.800. The molecule has 0 aromatic rings. The van der Waals surface area contributed by atoms with Crippen molar-refractivity contribution in [3.05, 3.63) is 0 Å². The maximum atomic E-state index is 4.98. The minimum Gasteiger partial charge on any atom is -0.469 e. The van der Waals surface area contributed by atoms with Crippen LogP contribution in [0.3, 0.4) is 0 Å². The molecule has 1 aliphatic rings. The van der Waals surface area contributed by atoms with Crippen LogP contribution in [0.15, 0.2) is 0 Å². The fourth-order valence-corrected chi connectivity index (χ4v) is 0.881. The van der Waals surface area contributed by atoms with Crippen molar-refractivity contribution in [1.82, 2.24) is 5.32 Å². The number of thiocarbonyl (C=S) groups is 1. The van der Waals surface area contributed by atoms with Gasteiger partial charge in [0.25, 0.3) is 5.17 Å². The molecule has 46 valence electrons. The van der Waals surface area contributed by atoms with E-state index in [0.717, 1.165) is 13.0 Å². The molecule has 0 aromatic carbocycles. The van der Waals surface area contributed by atoms with E-state index in [1.54, 1.807) is 0 Å². The second kappa shape index (κ2) is 2.31. The van der Waals surface area contributed by atoms with Crippen molar-refractivity contribution in [1.29, 1.82) is 0 Å². The summed E-state index contributed by atoms with van der Waals surface area (Å²) in [4.78, 5) is 0. The zero-order valence-corrected chi connectivity index (χ0v) is 5.62. The van der Waals surface area contributed by atoms with Crippen LogP contribution in [-0.4, -0.2) is 17.8 Å². The molecule has 0 spiro atoms. The third-order valence-corrected chi connectivity index (χ3v) is 1.47. The van der Waals surface area contributed by atoms with Gasteiger partial charge in [0, 0.05) is 0 Å². The van der Waals surface area contributed by atoms with E-state index in [9.17, 15) is 0 Å². The Hall–Kier alpha value is -0.310. The molecule has 1 saturated heterocycles. The Balaban J connectivity index is 2.32. The standard InChI is InChI=1S/C5H9NOS/c1-2-4-3-7-5(8)6-4/h4H,2-3H2,1H3,(H,6,8). The first-order valence-electron chi connectivity index (χ1n) is 2.76. The predicted molar refractivity (Wildman–Crippen MR) is 35.8 cm³/mol. The van der Waals surface area contributed by atoms with Gasteiger partial charge in [0.05, 0.1) is 6.04 Å². The number of hydrogen-bond acceptors (Lipinski definition) is 2. The molecule has 1 atom stereocenters. The van der Waals surface area contributed by atoms with Gasteiger partial charge in [-0.15, -0.1) is 0 Å². The van der Waals surface area contributed by atoms with Crippen molar-refractivity contribution in [2.24, 2.45) is 0 Å². The molecule has 0 radical (unpaired) electrons. The summed E-state index contributed by atoms with van der Waals surface area (Å²) >= 11 is 4.73. The lowest BCUT2D eigenvalue weighted by atomic mass is 10.3. The predicted octanol–water partition coefficient (Wildman–Crippen LogP) is 0.670. The highest BCUT2D eigenvalue weighted by Crippen LogP contribution is 2.00. The van der Waals surface area contributed by atoms with Crippen LogP contribution in [-0.2, 0) is 4.74 Å². The third-order valence-electron chi connectivity index (χ3n) is 1.23. The number of hydrogen-bond donors (Lipinski definition) is 1. The van der Waals surface area contributed by atoms with E-state index in [0.29, 0.717) is 11.2 Å². The summed E-state index contributed by atoms with van der Waals surface area (Å²) < 4.78 is 4.98. The molecule has 1 heterocycles. The molecule has 8 heavy (non-hydrogen) atoms. The average Bonchev–Trinajstić information content (AvgIpc) is 2.14. The second-order valence-corrected chi connectivity index (χ2v) is 2.22. The summed E-state index contributed by atoms with van der Waals surface area (Å²) in [5.74, 6) is 0. The largest absolute Gasteiger partial charge is 0.469 e. The van der Waals surface area contributed by atoms with E-state index in [2.05, 4.69) is 12.2 Å². The van der Waals surface area contributed by atoms with Gasteiger partial charge in [0.1, 0.15) is 6.61 Å². The van der Waals surface area contributed by atoms with Crippen LogP contribution in [0.4, 0.5) is 0 Å². The lowest BCUT2D eigenvalue weighted by molar-refractivity contribution is 0.329. The van der Waals surface area contributed by atoms with Crippen molar-refractivity contribution >= 4 is 17.4 Å². The second-order valence-electron chi connectivity index (χ2n) is 1.85. The minimum absolute atomic E-state index is 0.461. The molecule has 2 nitrogen and oxygen atoms in total. The zero-order valence-electron chi connectivity index (χ0n) is 4.81. The summed E-state index contributed by atoms with van der Waals surface area (Å²) in [6, 6.07) is 0.461. The summed E-state index contributed by atoms with van der Waals surface area (Å²) in [5.41, 5.74) is 0. The molecule has 0 saturated carbocycles. The van der Waals surface area contributed by atoms with E-state index in [1.165, 1.54) is 0 Å². The van der Waals surface area contributed by atoms with E-state index >= 15 is 0 Å². The molecule has 0 aliphatic carbocycles. The van der Waals surface area contributed by atoms with Gasteiger partial charge >= 0.3 is 0 Å². The van der Waals surface area contributed by atoms with Crippen LogP contribution in [0.25, 0.3) is 0 Å². The van der Waals surface area contributed by atoms with Crippen LogP contribution in [0.2, 0.25) is 0 Å². The van der Waals surface area contributed by atoms with Crippen molar-refractivity contribution in [2.75, 3.05) is 6.61 Å². The highest BCUT2D eigenvalue weighted by atomic mass is 32.1. The third kappa shape index (κ3) is 1.10. The molecule has 1 aliphatic heterocycles. The highest BCUT2D eigenvalue weighted by Gasteiger charge is 2.15. The lowest BCUT2D eigenvalue weighted by Crippen LogP contribution is -2.24. The minimum atomic E-state index is 0.461. The Kier molecular flexibility index (Phi) is 1.68. The van der Waals surface area contributed by atoms with Gasteiger partial charge in [-0.1, -0.05) is 6.92 Å². The molecule has 1 N–H and O–H groups in total. The van der Waals surface area contributed by atoms with Crippen LogP contribution in [0, 0.1) is 0 Å². The smallest absolute Gasteiger partial charge is 0.257 e. The van der Waals surface area contributed by atoms with Gasteiger partial charge in [-0.3, -0.25) is 0 Å². The molecule has 1 unspecified atom stereocenters. The number of ether oxygens (including phenoxy) is 1. The van der Waals surface area contributed by atoms with Crippen LogP contribution >= 0.6 is 12.2 Å². The molecule has 1 fully saturated rings. The van der Waals surface area contributed by atoms with Gasteiger partial charge in [-0.25, -0.2) is 0 Å². The van der Waals surface area contributed by atoms with Crippen molar-refractivity contribution in [3.63, 3.8) is 0 Å². The SMILES string of the molecule is CCC1COC(=S)N1. The van der Waals surface area contributed by atoms with Crippen LogP contribution < -0.4 is 5.32 Å². The van der Waals surface area contributed by atoms with E-state index < -0.39 is 0 Å². The van der Waals surface area contributed by atoms with Crippen molar-refractivity contribution < 1.29 is 4.74 Å². The fourth-order valence-electron chi connectivity index (χ4n) is 0.646. The van der Waals surface area contributed by atoms with E-state index in [4.69, 9.17) is 17.0 Å². The molecule has 0 amide bonds. The molecule has 3 heteroatoms. The first-order valence-corrected chi connectivity index (χ1v) is 3.17. The first-order chi connectivity index (χ1) is 3.83. The number of rotatable bonds is 1. The molecular weight excluding hydrogens is 122 g/mol. The summed E-state index contributed by atoms with van der Waals surface area (Å²) in [6.07, 6.45) is 1.08. The Morgan fingerprint density at radius 2 is 2.75 bits per heavy atom. The summed E-state index contributed by atoms with van der Waals surface area (Å²) in [7, 11) is 0. The molecule has 0 bridgehead atoms. The maximum absolute atomic E-state index is 4.98. The van der Waals surface area contributed by atoms with Crippen LogP contribution in [0.5, 0.6) is 0 Å². The maximum Gasteiger partial charge on any atom is 0.257 e. The zero-order chi connectivity index (χ0) is 5.98. The van der Waals surface area contributed by atoms with Gasteiger partial charge in [-0.05, 0) is 18.6 Å². The summed E-state index contributed by atoms with van der Waals surface area (Å²) in [5, 5.41) is 3.57. The van der Waals surface area contributed by atoms with E-state index in [-0.39, 0.29) is 0 Å². The quantitative estimate of drug-likeness (QED) is 0.528. The van der Waals surface area contributed by atoms with Gasteiger partial charge in [0.2, 0.25) is 0 Å². The number of nitrogens with one attached hydrogen (secondary N) is 1. The molecule has 0 aromatic heterocycles. The summed E-state index contributed by atoms with van der Waals surface area (Å²) in [6.45, 7) is 2.85. The Labute approximate surface area is 54.2 Å². The normalized spacial score (nSPS) is 27.1. The van der Waals surface area contributed by atoms with Crippen LogP contribution in [0.1, 0.15) is 13.3 Å². The Morgan fingerprint density at radius 3 is 3.00 bits per heavy atom. The van der Waals surface area contributed by atoms with E-state index in [1.807, 2.05) is 0 Å². The van der Waals surface area contributed by atoms with Crippen molar-refractivity contribution in [3.8, 4) is 0 Å². The average molecular weight is 131 g/mol. The first kappa shape index (κ1) is 5.82. The Morgan fingerprint density at radius 1 is 2.00 bits per heavy atom. The topological polar surface area (TPSA) is 21.3 Å². The van der Waals surface area contributed by atoms with Gasteiger partial charge in [-0.2, -0.15) is 0 Å². The molecule has 1 rings (SSSR count). The van der Waals surface area contributed by atoms with Crippen molar-refractivity contribution in [2.45, 2.75) is 19.4 Å².